The van der Waals surface area contributed by atoms with Crippen LogP contribution in [0.15, 0.2) is 40.9 Å². The molecule has 0 spiro atoms. The van der Waals surface area contributed by atoms with Gasteiger partial charge in [0.05, 0.1) is 25.9 Å². The van der Waals surface area contributed by atoms with E-state index < -0.39 is 10.0 Å². The molecule has 0 aliphatic heterocycles. The van der Waals surface area contributed by atoms with E-state index in [1.54, 1.807) is 36.4 Å². The molecule has 1 amide bonds. The normalized spacial score (nSPS) is 11.0. The third-order valence-corrected chi connectivity index (χ3v) is 4.88. The van der Waals surface area contributed by atoms with Crippen molar-refractivity contribution in [3.05, 3.63) is 46.4 Å². The van der Waals surface area contributed by atoms with E-state index in [2.05, 4.69) is 26.0 Å². The molecule has 2 aromatic rings. The van der Waals surface area contributed by atoms with Gasteiger partial charge in [-0.3, -0.25) is 9.52 Å². The molecule has 2 aromatic carbocycles. The third-order valence-electron chi connectivity index (χ3n) is 3.54. The van der Waals surface area contributed by atoms with Crippen LogP contribution in [0, 0.1) is 0 Å². The van der Waals surface area contributed by atoms with Gasteiger partial charge in [0, 0.05) is 15.8 Å². The van der Waals surface area contributed by atoms with Gasteiger partial charge in [0.1, 0.15) is 0 Å². The van der Waals surface area contributed by atoms with Crippen LogP contribution in [0.25, 0.3) is 0 Å². The van der Waals surface area contributed by atoms with Crippen LogP contribution in [0.4, 0.5) is 11.4 Å². The van der Waals surface area contributed by atoms with Gasteiger partial charge in [-0.05, 0) is 55.8 Å². The largest absolute Gasteiger partial charge is 0.490 e. The highest BCUT2D eigenvalue weighted by molar-refractivity contribution is 9.10. The van der Waals surface area contributed by atoms with Crippen molar-refractivity contribution in [2.24, 2.45) is 0 Å². The maximum absolute atomic E-state index is 12.4. The van der Waals surface area contributed by atoms with Gasteiger partial charge in [-0.15, -0.1) is 0 Å². The first kappa shape index (κ1) is 22.0. The fourth-order valence-corrected chi connectivity index (χ4v) is 3.49. The maximum atomic E-state index is 12.4. The van der Waals surface area contributed by atoms with E-state index >= 15 is 0 Å². The molecule has 0 saturated heterocycles. The van der Waals surface area contributed by atoms with Crippen LogP contribution in [0.3, 0.4) is 0 Å². The molecule has 0 heterocycles. The maximum Gasteiger partial charge on any atom is 0.229 e. The van der Waals surface area contributed by atoms with Crippen LogP contribution in [0.1, 0.15) is 19.4 Å². The number of rotatable bonds is 9. The molecule has 0 radical (unpaired) electrons. The zero-order valence-electron chi connectivity index (χ0n) is 15.9. The molecule has 0 fully saturated rings. The summed E-state index contributed by atoms with van der Waals surface area (Å²) in [6.45, 7) is 4.77. The second-order valence-electron chi connectivity index (χ2n) is 5.93. The van der Waals surface area contributed by atoms with Crippen molar-refractivity contribution in [1.82, 2.24) is 0 Å². The van der Waals surface area contributed by atoms with Gasteiger partial charge >= 0.3 is 0 Å². The number of benzene rings is 2. The van der Waals surface area contributed by atoms with Gasteiger partial charge in [0.25, 0.3) is 0 Å². The highest BCUT2D eigenvalue weighted by Crippen LogP contribution is 2.34. The molecule has 28 heavy (non-hydrogen) atoms. The molecule has 0 aliphatic rings. The Bertz CT molecular complexity index is 930. The number of nitrogens with one attached hydrogen (secondary N) is 2. The standard InChI is InChI=1S/C19H23BrN2O5S/c1-4-26-17-10-13(16(20)12-18(17)27-5-2)11-19(23)21-14-6-8-15(9-7-14)22-28(3,24)25/h6-10,12,22H,4-5,11H2,1-3H3,(H,21,23). The van der Waals surface area contributed by atoms with E-state index in [1.807, 2.05) is 13.8 Å². The summed E-state index contributed by atoms with van der Waals surface area (Å²) >= 11 is 3.47. The summed E-state index contributed by atoms with van der Waals surface area (Å²) in [5, 5.41) is 2.79. The predicted molar refractivity (Wildman–Crippen MR) is 114 cm³/mol. The van der Waals surface area contributed by atoms with Crippen molar-refractivity contribution in [1.29, 1.82) is 0 Å². The van der Waals surface area contributed by atoms with Crippen LogP contribution in [0.2, 0.25) is 0 Å². The fraction of sp³-hybridized carbons (Fsp3) is 0.316. The first-order valence-electron chi connectivity index (χ1n) is 8.67. The lowest BCUT2D eigenvalue weighted by Gasteiger charge is -2.14. The molecule has 0 saturated carbocycles. The number of sulfonamides is 1. The van der Waals surface area contributed by atoms with Gasteiger partial charge in [-0.25, -0.2) is 8.42 Å². The zero-order chi connectivity index (χ0) is 20.7. The average molecular weight is 471 g/mol. The summed E-state index contributed by atoms with van der Waals surface area (Å²) in [6, 6.07) is 10.0. The third kappa shape index (κ3) is 6.72. The number of hydrogen-bond donors (Lipinski definition) is 2. The van der Waals surface area contributed by atoms with Gasteiger partial charge in [0.2, 0.25) is 15.9 Å². The topological polar surface area (TPSA) is 93.7 Å². The lowest BCUT2D eigenvalue weighted by atomic mass is 10.1. The van der Waals surface area contributed by atoms with E-state index in [4.69, 9.17) is 9.47 Å². The quantitative estimate of drug-likeness (QED) is 0.581. The molecule has 0 aliphatic carbocycles. The Hall–Kier alpha value is -2.26. The van der Waals surface area contributed by atoms with E-state index in [-0.39, 0.29) is 12.3 Å². The number of anilines is 2. The molecule has 0 atom stereocenters. The number of amides is 1. The summed E-state index contributed by atoms with van der Waals surface area (Å²) in [5.41, 5.74) is 1.76. The summed E-state index contributed by atoms with van der Waals surface area (Å²) in [4.78, 5) is 12.4. The number of carbonyl (C=O) groups excluding carboxylic acids is 1. The number of ether oxygens (including phenoxy) is 2. The Kier molecular flexibility index (Phi) is 7.70. The van der Waals surface area contributed by atoms with Crippen LogP contribution in [0.5, 0.6) is 11.5 Å². The van der Waals surface area contributed by atoms with Crippen molar-refractivity contribution in [2.75, 3.05) is 29.5 Å². The summed E-state index contributed by atoms with van der Waals surface area (Å²) in [5.74, 6) is 0.997. The molecule has 0 unspecified atom stereocenters. The first-order valence-corrected chi connectivity index (χ1v) is 11.4. The molecule has 0 aromatic heterocycles. The van der Waals surface area contributed by atoms with E-state index in [0.717, 1.165) is 16.3 Å². The summed E-state index contributed by atoms with van der Waals surface area (Å²) < 4.78 is 36.8. The van der Waals surface area contributed by atoms with Crippen LogP contribution >= 0.6 is 15.9 Å². The molecule has 2 rings (SSSR count). The van der Waals surface area contributed by atoms with Crippen molar-refractivity contribution in [3.63, 3.8) is 0 Å². The van der Waals surface area contributed by atoms with Gasteiger partial charge in [-0.2, -0.15) is 0 Å². The molecule has 152 valence electrons. The number of hydrogen-bond acceptors (Lipinski definition) is 5. The SMILES string of the molecule is CCOc1cc(Br)c(CC(=O)Nc2ccc(NS(C)(=O)=O)cc2)cc1OCC. The minimum absolute atomic E-state index is 0.135. The minimum atomic E-state index is -3.34. The Balaban J connectivity index is 2.09. The van der Waals surface area contributed by atoms with Crippen LogP contribution in [-0.4, -0.2) is 33.8 Å². The van der Waals surface area contributed by atoms with Crippen molar-refractivity contribution >= 4 is 43.2 Å². The highest BCUT2D eigenvalue weighted by Gasteiger charge is 2.14. The Labute approximate surface area is 173 Å². The molecular weight excluding hydrogens is 448 g/mol. The van der Waals surface area contributed by atoms with Crippen molar-refractivity contribution < 1.29 is 22.7 Å². The van der Waals surface area contributed by atoms with Crippen molar-refractivity contribution in [2.45, 2.75) is 20.3 Å². The van der Waals surface area contributed by atoms with E-state index in [9.17, 15) is 13.2 Å². The van der Waals surface area contributed by atoms with Gasteiger partial charge < -0.3 is 14.8 Å². The molecule has 0 bridgehead atoms. The Morgan fingerprint density at radius 1 is 1.00 bits per heavy atom. The van der Waals surface area contributed by atoms with Gasteiger partial charge in [-0.1, -0.05) is 15.9 Å². The van der Waals surface area contributed by atoms with Gasteiger partial charge in [0.15, 0.2) is 11.5 Å². The number of carbonyl (C=O) groups is 1. The summed E-state index contributed by atoms with van der Waals surface area (Å²) in [7, 11) is -3.34. The highest BCUT2D eigenvalue weighted by atomic mass is 79.9. The fourth-order valence-electron chi connectivity index (χ4n) is 2.46. The monoisotopic (exact) mass is 470 g/mol. The predicted octanol–water partition coefficient (Wildman–Crippen LogP) is 3.80. The lowest BCUT2D eigenvalue weighted by Crippen LogP contribution is -2.15. The van der Waals surface area contributed by atoms with Crippen LogP contribution < -0.4 is 19.5 Å². The zero-order valence-corrected chi connectivity index (χ0v) is 18.3. The smallest absolute Gasteiger partial charge is 0.229 e. The van der Waals surface area contributed by atoms with Crippen molar-refractivity contribution in [3.8, 4) is 11.5 Å². The first-order chi connectivity index (χ1) is 13.2. The Morgan fingerprint density at radius 2 is 1.54 bits per heavy atom. The lowest BCUT2D eigenvalue weighted by molar-refractivity contribution is -0.115. The number of halogens is 1. The molecule has 2 N–H and O–H groups in total. The van der Waals surface area contributed by atoms with E-state index in [0.29, 0.717) is 36.1 Å². The molecule has 9 heteroatoms. The second kappa shape index (κ2) is 9.79. The van der Waals surface area contributed by atoms with Crippen LogP contribution in [-0.2, 0) is 21.2 Å². The molecule has 7 nitrogen and oxygen atoms in total. The minimum Gasteiger partial charge on any atom is -0.490 e. The molecular formula is C19H23BrN2O5S. The van der Waals surface area contributed by atoms with E-state index in [1.165, 1.54) is 0 Å². The average Bonchev–Trinajstić information content (AvgIpc) is 2.59. The Morgan fingerprint density at radius 3 is 2.07 bits per heavy atom. The second-order valence-corrected chi connectivity index (χ2v) is 8.54. The summed E-state index contributed by atoms with van der Waals surface area (Å²) in [6.07, 6.45) is 1.21.